The number of carbonyl (C=O) groups is 2. The van der Waals surface area contributed by atoms with Crippen molar-refractivity contribution in [3.63, 3.8) is 0 Å². The Morgan fingerprint density at radius 2 is 1.85 bits per heavy atom. The van der Waals surface area contributed by atoms with Gasteiger partial charge in [0, 0.05) is 0 Å². The van der Waals surface area contributed by atoms with Gasteiger partial charge in [-0.25, -0.2) is 4.98 Å². The van der Waals surface area contributed by atoms with E-state index in [4.69, 9.17) is 14.2 Å². The first-order valence-corrected chi connectivity index (χ1v) is 8.74. The number of nitrogens with one attached hydrogen (secondary N) is 1. The maximum absolute atomic E-state index is 12.7. The Hall–Kier alpha value is -2.61. The lowest BCUT2D eigenvalue weighted by molar-refractivity contribution is -0.141. The van der Waals surface area contributed by atoms with E-state index in [9.17, 15) is 9.59 Å². The predicted octanol–water partition coefficient (Wildman–Crippen LogP) is 2.81. The Kier molecular flexibility index (Phi) is 6.57. The lowest BCUT2D eigenvalue weighted by Gasteiger charge is -2.19. The molecule has 140 valence electrons. The van der Waals surface area contributed by atoms with Gasteiger partial charge in [-0.2, -0.15) is 0 Å². The van der Waals surface area contributed by atoms with Gasteiger partial charge in [0.25, 0.3) is 5.91 Å². The van der Waals surface area contributed by atoms with Crippen LogP contribution in [0.15, 0.2) is 18.2 Å². The normalized spacial score (nSPS) is 11.6. The molecule has 0 saturated heterocycles. The van der Waals surface area contributed by atoms with Gasteiger partial charge >= 0.3 is 5.97 Å². The first-order valence-electron chi connectivity index (χ1n) is 7.93. The quantitative estimate of drug-likeness (QED) is 0.746. The summed E-state index contributed by atoms with van der Waals surface area (Å²) in [6.07, 6.45) is -0.00540. The van der Waals surface area contributed by atoms with Gasteiger partial charge in [-0.15, -0.1) is 11.3 Å². The van der Waals surface area contributed by atoms with Crippen LogP contribution in [0.25, 0.3) is 0 Å². The predicted molar refractivity (Wildman–Crippen MR) is 98.0 cm³/mol. The molecule has 8 heteroatoms. The molecule has 1 heterocycles. The van der Waals surface area contributed by atoms with Gasteiger partial charge in [-0.3, -0.25) is 9.59 Å². The van der Waals surface area contributed by atoms with Crippen molar-refractivity contribution >= 4 is 23.2 Å². The van der Waals surface area contributed by atoms with Crippen molar-refractivity contribution in [2.75, 3.05) is 21.3 Å². The van der Waals surface area contributed by atoms with Gasteiger partial charge < -0.3 is 19.5 Å². The summed E-state index contributed by atoms with van der Waals surface area (Å²) >= 11 is 1.31. The summed E-state index contributed by atoms with van der Waals surface area (Å²) in [6, 6.07) is 4.67. The summed E-state index contributed by atoms with van der Waals surface area (Å²) < 4.78 is 15.3. The van der Waals surface area contributed by atoms with Crippen molar-refractivity contribution in [3.8, 4) is 11.5 Å². The highest BCUT2D eigenvalue weighted by molar-refractivity contribution is 7.13. The van der Waals surface area contributed by atoms with Crippen LogP contribution >= 0.6 is 11.3 Å². The van der Waals surface area contributed by atoms with Crippen LogP contribution in [0.4, 0.5) is 0 Å². The van der Waals surface area contributed by atoms with Crippen molar-refractivity contribution < 1.29 is 23.8 Å². The second-order valence-corrected chi connectivity index (χ2v) is 6.77. The standard InChI is InChI=1S/C18H22N2O5S/c1-10-17(26-11(2)19-10)18(22)20-13(9-16(21)25-5)12-6-7-14(23-3)15(8-12)24-4/h6-8,13H,9H2,1-5H3,(H,20,22)/t13-/m0/s1. The van der Waals surface area contributed by atoms with Crippen molar-refractivity contribution in [2.24, 2.45) is 0 Å². The van der Waals surface area contributed by atoms with Gasteiger partial charge in [0.15, 0.2) is 11.5 Å². The molecule has 2 aromatic rings. The second-order valence-electron chi connectivity index (χ2n) is 5.57. The zero-order valence-corrected chi connectivity index (χ0v) is 16.2. The third kappa shape index (κ3) is 4.51. The van der Waals surface area contributed by atoms with Crippen LogP contribution in [-0.2, 0) is 9.53 Å². The van der Waals surface area contributed by atoms with E-state index in [0.717, 1.165) is 5.01 Å². The molecule has 0 radical (unpaired) electrons. The Labute approximate surface area is 156 Å². The number of nitrogens with zero attached hydrogens (tertiary/aromatic N) is 1. The second kappa shape index (κ2) is 8.66. The fraction of sp³-hybridized carbons (Fsp3) is 0.389. The Balaban J connectivity index is 2.33. The topological polar surface area (TPSA) is 86.8 Å². The van der Waals surface area contributed by atoms with E-state index in [0.29, 0.717) is 27.6 Å². The molecule has 0 unspecified atom stereocenters. The number of amides is 1. The van der Waals surface area contributed by atoms with Crippen LogP contribution in [-0.4, -0.2) is 38.2 Å². The number of carbonyl (C=O) groups excluding carboxylic acids is 2. The molecule has 2 rings (SSSR count). The zero-order chi connectivity index (χ0) is 19.3. The molecule has 1 amide bonds. The van der Waals surface area contributed by atoms with Crippen molar-refractivity contribution in [3.05, 3.63) is 39.3 Å². The molecule has 0 bridgehead atoms. The minimum atomic E-state index is -0.573. The minimum Gasteiger partial charge on any atom is -0.493 e. The average molecular weight is 378 g/mol. The van der Waals surface area contributed by atoms with E-state index >= 15 is 0 Å². The number of ether oxygens (including phenoxy) is 3. The summed E-state index contributed by atoms with van der Waals surface area (Å²) in [5.41, 5.74) is 1.37. The number of rotatable bonds is 7. The summed E-state index contributed by atoms with van der Waals surface area (Å²) in [5, 5.41) is 3.70. The number of thiazole rings is 1. The number of esters is 1. The maximum Gasteiger partial charge on any atom is 0.307 e. The molecule has 0 spiro atoms. The number of benzene rings is 1. The molecule has 1 aromatic heterocycles. The van der Waals surface area contributed by atoms with Crippen molar-refractivity contribution in [2.45, 2.75) is 26.3 Å². The van der Waals surface area contributed by atoms with Crippen molar-refractivity contribution in [1.82, 2.24) is 10.3 Å². The molecule has 26 heavy (non-hydrogen) atoms. The van der Waals surface area contributed by atoms with E-state index in [1.54, 1.807) is 32.2 Å². The summed E-state index contributed by atoms with van der Waals surface area (Å²) in [7, 11) is 4.38. The number of aryl methyl sites for hydroxylation is 2. The van der Waals surface area contributed by atoms with Crippen LogP contribution < -0.4 is 14.8 Å². The van der Waals surface area contributed by atoms with Crippen molar-refractivity contribution in [1.29, 1.82) is 0 Å². The highest BCUT2D eigenvalue weighted by Gasteiger charge is 2.23. The van der Waals surface area contributed by atoms with Gasteiger partial charge in [0.1, 0.15) is 4.88 Å². The molecule has 0 aliphatic carbocycles. The molecule has 1 aromatic carbocycles. The number of aromatic nitrogens is 1. The fourth-order valence-corrected chi connectivity index (χ4v) is 3.36. The van der Waals surface area contributed by atoms with Gasteiger partial charge in [0.2, 0.25) is 0 Å². The number of hydrogen-bond donors (Lipinski definition) is 1. The lowest BCUT2D eigenvalue weighted by Crippen LogP contribution is -2.30. The van der Waals surface area contributed by atoms with Gasteiger partial charge in [0.05, 0.1) is 44.5 Å². The molecular weight excluding hydrogens is 356 g/mol. The highest BCUT2D eigenvalue weighted by atomic mass is 32.1. The van der Waals surface area contributed by atoms with Gasteiger partial charge in [-0.05, 0) is 31.5 Å². The van der Waals surface area contributed by atoms with E-state index in [1.165, 1.54) is 25.6 Å². The molecule has 0 saturated carbocycles. The molecule has 1 atom stereocenters. The molecule has 0 aliphatic rings. The highest BCUT2D eigenvalue weighted by Crippen LogP contribution is 2.31. The monoisotopic (exact) mass is 378 g/mol. The Morgan fingerprint density at radius 1 is 1.15 bits per heavy atom. The minimum absolute atomic E-state index is 0.00540. The molecule has 0 fully saturated rings. The van der Waals surface area contributed by atoms with Crippen LogP contribution in [0.5, 0.6) is 11.5 Å². The third-order valence-corrected chi connectivity index (χ3v) is 4.90. The largest absolute Gasteiger partial charge is 0.493 e. The van der Waals surface area contributed by atoms with Gasteiger partial charge in [-0.1, -0.05) is 6.07 Å². The number of methoxy groups -OCH3 is 3. The summed E-state index contributed by atoms with van der Waals surface area (Å²) in [5.74, 6) is 0.367. The molecule has 7 nitrogen and oxygen atoms in total. The summed E-state index contributed by atoms with van der Waals surface area (Å²) in [6.45, 7) is 3.62. The Bertz CT molecular complexity index is 803. The third-order valence-electron chi connectivity index (χ3n) is 3.82. The lowest BCUT2D eigenvalue weighted by atomic mass is 10.0. The van der Waals surface area contributed by atoms with Crippen LogP contribution in [0.1, 0.15) is 38.4 Å². The average Bonchev–Trinajstić information content (AvgIpc) is 2.98. The van der Waals surface area contributed by atoms with E-state index in [-0.39, 0.29) is 12.3 Å². The SMILES string of the molecule is COC(=O)C[C@H](NC(=O)c1sc(C)nc1C)c1ccc(OC)c(OC)c1. The summed E-state index contributed by atoms with van der Waals surface area (Å²) in [4.78, 5) is 29.3. The van der Waals surface area contributed by atoms with E-state index in [2.05, 4.69) is 10.3 Å². The molecule has 1 N–H and O–H groups in total. The first kappa shape index (κ1) is 19.7. The molecule has 0 aliphatic heterocycles. The Morgan fingerprint density at radius 3 is 2.38 bits per heavy atom. The van der Waals surface area contributed by atoms with E-state index in [1.807, 2.05) is 6.92 Å². The maximum atomic E-state index is 12.7. The van der Waals surface area contributed by atoms with Crippen LogP contribution in [0.3, 0.4) is 0 Å². The first-order chi connectivity index (χ1) is 12.4. The fourth-order valence-electron chi connectivity index (χ4n) is 2.54. The molecular formula is C18H22N2O5S. The van der Waals surface area contributed by atoms with Crippen LogP contribution in [0, 0.1) is 13.8 Å². The zero-order valence-electron chi connectivity index (χ0n) is 15.4. The van der Waals surface area contributed by atoms with Crippen LogP contribution in [0.2, 0.25) is 0 Å². The van der Waals surface area contributed by atoms with E-state index < -0.39 is 12.0 Å². The smallest absolute Gasteiger partial charge is 0.307 e. The number of hydrogen-bond acceptors (Lipinski definition) is 7.